The van der Waals surface area contributed by atoms with Crippen molar-refractivity contribution in [1.82, 2.24) is 14.9 Å². The van der Waals surface area contributed by atoms with Gasteiger partial charge in [0.25, 0.3) is 0 Å². The molecule has 0 aliphatic carbocycles. The minimum Gasteiger partial charge on any atom is -0.352 e. The molecule has 0 unspecified atom stereocenters. The summed E-state index contributed by atoms with van der Waals surface area (Å²) in [6.45, 7) is 3.80. The zero-order valence-corrected chi connectivity index (χ0v) is 18.6. The number of nitrogens with zero attached hydrogens (tertiary/aromatic N) is 1. The highest BCUT2D eigenvalue weighted by Crippen LogP contribution is 2.15. The second-order valence-electron chi connectivity index (χ2n) is 7.18. The van der Waals surface area contributed by atoms with Crippen LogP contribution in [-0.4, -0.2) is 38.9 Å². The zero-order valence-electron chi connectivity index (χ0n) is 16.2. The number of carbonyl (C=O) groups excluding carboxylic acids is 1. The van der Waals surface area contributed by atoms with Gasteiger partial charge in [0, 0.05) is 30.5 Å². The van der Waals surface area contributed by atoms with Crippen molar-refractivity contribution in [2.75, 3.05) is 19.6 Å². The molecule has 2 aromatic rings. The van der Waals surface area contributed by atoms with E-state index in [0.717, 1.165) is 16.6 Å². The third-order valence-electron chi connectivity index (χ3n) is 4.89. The molecular weight excluding hydrogens is 454 g/mol. The molecule has 2 N–H and O–H groups in total. The second kappa shape index (κ2) is 10.3. The molecule has 0 saturated carbocycles. The van der Waals surface area contributed by atoms with Crippen molar-refractivity contribution in [2.45, 2.75) is 37.2 Å². The molecule has 1 amide bonds. The first-order valence-electron chi connectivity index (χ1n) is 9.74. The van der Waals surface area contributed by atoms with Gasteiger partial charge in [-0.25, -0.2) is 13.1 Å². The van der Waals surface area contributed by atoms with Crippen LogP contribution in [0, 0.1) is 0 Å². The van der Waals surface area contributed by atoms with Crippen LogP contribution in [0.25, 0.3) is 0 Å². The molecule has 0 aromatic heterocycles. The number of hydrogen-bond acceptors (Lipinski definition) is 4. The first-order valence-corrected chi connectivity index (χ1v) is 12.0. The molecule has 29 heavy (non-hydrogen) atoms. The SMILES string of the molecule is O=C(CCNS(=O)(=O)c1ccc(Br)cc1)NCc1ccc(CN2CCCC2)cc1. The largest absolute Gasteiger partial charge is 0.352 e. The average molecular weight is 480 g/mol. The molecule has 1 aliphatic rings. The third kappa shape index (κ3) is 6.92. The van der Waals surface area contributed by atoms with Crippen molar-refractivity contribution in [3.63, 3.8) is 0 Å². The van der Waals surface area contributed by atoms with Crippen molar-refractivity contribution >= 4 is 31.9 Å². The molecule has 0 radical (unpaired) electrons. The number of benzene rings is 2. The number of rotatable bonds is 9. The lowest BCUT2D eigenvalue weighted by molar-refractivity contribution is -0.121. The summed E-state index contributed by atoms with van der Waals surface area (Å²) in [5, 5.41) is 2.83. The van der Waals surface area contributed by atoms with Crippen LogP contribution < -0.4 is 10.0 Å². The lowest BCUT2D eigenvalue weighted by Crippen LogP contribution is -2.30. The number of amides is 1. The number of halogens is 1. The van der Waals surface area contributed by atoms with Crippen LogP contribution in [0.4, 0.5) is 0 Å². The van der Waals surface area contributed by atoms with Crippen LogP contribution >= 0.6 is 15.9 Å². The standard InChI is InChI=1S/C21H26BrN3O3S/c22-19-7-9-20(10-8-19)29(27,28)24-12-11-21(26)23-15-17-3-5-18(6-4-17)16-25-13-1-2-14-25/h3-10,24H,1-2,11-16H2,(H,23,26). The van der Waals surface area contributed by atoms with Crippen LogP contribution in [0.2, 0.25) is 0 Å². The molecule has 0 spiro atoms. The summed E-state index contributed by atoms with van der Waals surface area (Å²) in [6.07, 6.45) is 2.65. The lowest BCUT2D eigenvalue weighted by Gasteiger charge is -2.14. The van der Waals surface area contributed by atoms with Crippen molar-refractivity contribution in [1.29, 1.82) is 0 Å². The summed E-state index contributed by atoms with van der Waals surface area (Å²) in [7, 11) is -3.61. The van der Waals surface area contributed by atoms with Crippen LogP contribution in [0.3, 0.4) is 0 Å². The molecule has 6 nitrogen and oxygen atoms in total. The first-order chi connectivity index (χ1) is 13.9. The second-order valence-corrected chi connectivity index (χ2v) is 9.86. The highest BCUT2D eigenvalue weighted by molar-refractivity contribution is 9.10. The van der Waals surface area contributed by atoms with Gasteiger partial charge in [0.2, 0.25) is 15.9 Å². The topological polar surface area (TPSA) is 78.5 Å². The maximum atomic E-state index is 12.2. The Hall–Kier alpha value is -1.74. The Bertz CT molecular complexity index is 909. The molecule has 1 fully saturated rings. The van der Waals surface area contributed by atoms with Crippen LogP contribution in [0.1, 0.15) is 30.4 Å². The highest BCUT2D eigenvalue weighted by atomic mass is 79.9. The summed E-state index contributed by atoms with van der Waals surface area (Å²) < 4.78 is 27.7. The number of carbonyl (C=O) groups is 1. The van der Waals surface area contributed by atoms with Crippen molar-refractivity contribution in [3.05, 3.63) is 64.1 Å². The van der Waals surface area contributed by atoms with E-state index in [1.807, 2.05) is 12.1 Å². The number of sulfonamides is 1. The maximum absolute atomic E-state index is 12.2. The molecule has 1 aliphatic heterocycles. The molecule has 2 aromatic carbocycles. The van der Waals surface area contributed by atoms with E-state index in [2.05, 4.69) is 43.0 Å². The van der Waals surface area contributed by atoms with Gasteiger partial charge in [0.15, 0.2) is 0 Å². The summed E-state index contributed by atoms with van der Waals surface area (Å²) in [5.74, 6) is -0.190. The summed E-state index contributed by atoms with van der Waals surface area (Å²) >= 11 is 3.27. The van der Waals surface area contributed by atoms with Crippen molar-refractivity contribution in [3.8, 4) is 0 Å². The van der Waals surface area contributed by atoms with Crippen molar-refractivity contribution < 1.29 is 13.2 Å². The van der Waals surface area contributed by atoms with E-state index >= 15 is 0 Å². The van der Waals surface area contributed by atoms with E-state index in [1.165, 1.54) is 43.6 Å². The minimum atomic E-state index is -3.61. The lowest BCUT2D eigenvalue weighted by atomic mass is 10.1. The van der Waals surface area contributed by atoms with Gasteiger partial charge >= 0.3 is 0 Å². The predicted molar refractivity (Wildman–Crippen MR) is 117 cm³/mol. The Morgan fingerprint density at radius 2 is 1.59 bits per heavy atom. The summed E-state index contributed by atoms with van der Waals surface area (Å²) in [6, 6.07) is 14.6. The van der Waals surface area contributed by atoms with Gasteiger partial charge in [-0.2, -0.15) is 0 Å². The smallest absolute Gasteiger partial charge is 0.240 e. The molecule has 0 atom stereocenters. The fourth-order valence-electron chi connectivity index (χ4n) is 3.25. The molecule has 0 bridgehead atoms. The normalized spacial score (nSPS) is 14.8. The Kier molecular flexibility index (Phi) is 7.83. The van der Waals surface area contributed by atoms with Gasteiger partial charge in [0.1, 0.15) is 0 Å². The third-order valence-corrected chi connectivity index (χ3v) is 6.89. The van der Waals surface area contributed by atoms with Crippen LogP contribution in [0.5, 0.6) is 0 Å². The number of nitrogens with one attached hydrogen (secondary N) is 2. The molecule has 1 saturated heterocycles. The highest BCUT2D eigenvalue weighted by Gasteiger charge is 2.14. The van der Waals surface area contributed by atoms with Crippen LogP contribution in [0.15, 0.2) is 57.9 Å². The van der Waals surface area contributed by atoms with Gasteiger partial charge in [-0.15, -0.1) is 0 Å². The Balaban J connectivity index is 1.38. The van der Waals surface area contributed by atoms with Crippen LogP contribution in [-0.2, 0) is 27.9 Å². The molecule has 3 rings (SSSR count). The average Bonchev–Trinajstić information content (AvgIpc) is 3.21. The zero-order chi connectivity index (χ0) is 20.7. The number of hydrogen-bond donors (Lipinski definition) is 2. The Labute approximate surface area is 180 Å². The summed E-state index contributed by atoms with van der Waals surface area (Å²) in [4.78, 5) is 14.6. The maximum Gasteiger partial charge on any atom is 0.240 e. The van der Waals surface area contributed by atoms with Gasteiger partial charge in [-0.3, -0.25) is 9.69 Å². The first kappa shape index (κ1) is 22.0. The van der Waals surface area contributed by atoms with Gasteiger partial charge in [-0.1, -0.05) is 40.2 Å². The fraction of sp³-hybridized carbons (Fsp3) is 0.381. The quantitative estimate of drug-likeness (QED) is 0.579. The predicted octanol–water partition coefficient (Wildman–Crippen LogP) is 3.03. The Morgan fingerprint density at radius 3 is 2.24 bits per heavy atom. The van der Waals surface area contributed by atoms with Crippen molar-refractivity contribution in [2.24, 2.45) is 0 Å². The molecule has 8 heteroatoms. The fourth-order valence-corrected chi connectivity index (χ4v) is 4.54. The number of likely N-dealkylation sites (tertiary alicyclic amines) is 1. The molecule has 1 heterocycles. The van der Waals surface area contributed by atoms with Gasteiger partial charge < -0.3 is 5.32 Å². The van der Waals surface area contributed by atoms with E-state index in [1.54, 1.807) is 12.1 Å². The van der Waals surface area contributed by atoms with Gasteiger partial charge in [-0.05, 0) is 61.3 Å². The summed E-state index contributed by atoms with van der Waals surface area (Å²) in [5.41, 5.74) is 2.31. The molecule has 156 valence electrons. The monoisotopic (exact) mass is 479 g/mol. The Morgan fingerprint density at radius 1 is 0.966 bits per heavy atom. The minimum absolute atomic E-state index is 0.0546. The van der Waals surface area contributed by atoms with E-state index < -0.39 is 10.0 Å². The molecular formula is C21H26BrN3O3S. The van der Waals surface area contributed by atoms with E-state index in [0.29, 0.717) is 6.54 Å². The van der Waals surface area contributed by atoms with Gasteiger partial charge in [0.05, 0.1) is 4.90 Å². The van der Waals surface area contributed by atoms with E-state index in [9.17, 15) is 13.2 Å². The van der Waals surface area contributed by atoms with E-state index in [-0.39, 0.29) is 23.8 Å². The van der Waals surface area contributed by atoms with E-state index in [4.69, 9.17) is 0 Å².